The second kappa shape index (κ2) is 15.6. The third kappa shape index (κ3) is 6.97. The smallest absolute Gasteiger partial charge is 0.0462 e. The van der Waals surface area contributed by atoms with Crippen LogP contribution in [-0.4, -0.2) is 0 Å². The molecule has 0 N–H and O–H groups in total. The fraction of sp³-hybridized carbons (Fsp3) is 0. The average molecular weight is 723 g/mol. The molecule has 3 heteroatoms. The standard InChI is InChI=1S/C52H38N2S/c1-7-19-39(20-8-1)49-50(40-31-35-47(36-32-40)53(43-23-11-3-12-24-43)44-25-13-4-14-26-44)51(41-21-9-2-10-22-41)55-52(49)42-33-37-48(38-34-42)54(45-27-15-5-16-28-45)46-29-17-6-18-30-46/h1-38H. The van der Waals surface area contributed by atoms with Crippen LogP contribution in [0.15, 0.2) is 231 Å². The zero-order chi connectivity index (χ0) is 36.8. The maximum absolute atomic E-state index is 2.31. The first kappa shape index (κ1) is 33.9. The first-order chi connectivity index (χ1) is 27.3. The van der Waals surface area contributed by atoms with Crippen molar-refractivity contribution in [2.45, 2.75) is 0 Å². The van der Waals surface area contributed by atoms with Crippen LogP contribution >= 0.6 is 11.3 Å². The number of benzene rings is 8. The van der Waals surface area contributed by atoms with Crippen LogP contribution in [-0.2, 0) is 0 Å². The monoisotopic (exact) mass is 722 g/mol. The van der Waals surface area contributed by atoms with Gasteiger partial charge in [0.2, 0.25) is 0 Å². The van der Waals surface area contributed by atoms with E-state index < -0.39 is 0 Å². The van der Waals surface area contributed by atoms with E-state index in [0.717, 1.165) is 34.1 Å². The first-order valence-corrected chi connectivity index (χ1v) is 19.4. The molecule has 0 aliphatic heterocycles. The molecule has 262 valence electrons. The highest BCUT2D eigenvalue weighted by atomic mass is 32.1. The number of para-hydroxylation sites is 4. The molecule has 9 aromatic rings. The Kier molecular flexibility index (Phi) is 9.59. The van der Waals surface area contributed by atoms with Gasteiger partial charge in [0.1, 0.15) is 0 Å². The lowest BCUT2D eigenvalue weighted by atomic mass is 9.91. The highest BCUT2D eigenvalue weighted by Crippen LogP contribution is 2.52. The predicted molar refractivity (Wildman–Crippen MR) is 235 cm³/mol. The molecule has 0 spiro atoms. The summed E-state index contributed by atoms with van der Waals surface area (Å²) in [6.45, 7) is 0. The number of nitrogens with zero attached hydrogens (tertiary/aromatic N) is 2. The summed E-state index contributed by atoms with van der Waals surface area (Å²) in [6.07, 6.45) is 0. The van der Waals surface area contributed by atoms with E-state index in [4.69, 9.17) is 0 Å². The van der Waals surface area contributed by atoms with Crippen molar-refractivity contribution in [2.24, 2.45) is 0 Å². The molecule has 0 aliphatic rings. The van der Waals surface area contributed by atoms with Gasteiger partial charge in [0.15, 0.2) is 0 Å². The van der Waals surface area contributed by atoms with Crippen molar-refractivity contribution in [3.8, 4) is 43.1 Å². The second-order valence-corrected chi connectivity index (χ2v) is 14.4. The van der Waals surface area contributed by atoms with E-state index in [9.17, 15) is 0 Å². The Labute approximate surface area is 327 Å². The molecule has 0 bridgehead atoms. The number of hydrogen-bond donors (Lipinski definition) is 0. The highest BCUT2D eigenvalue weighted by Gasteiger charge is 2.24. The van der Waals surface area contributed by atoms with E-state index in [0.29, 0.717) is 0 Å². The molecule has 0 aliphatic carbocycles. The molecule has 2 nitrogen and oxygen atoms in total. The lowest BCUT2D eigenvalue weighted by Crippen LogP contribution is -2.09. The van der Waals surface area contributed by atoms with Gasteiger partial charge in [-0.2, -0.15) is 0 Å². The van der Waals surface area contributed by atoms with Crippen molar-refractivity contribution in [1.29, 1.82) is 0 Å². The minimum absolute atomic E-state index is 1.11. The molecule has 0 saturated heterocycles. The van der Waals surface area contributed by atoms with E-state index in [-0.39, 0.29) is 0 Å². The summed E-state index contributed by atoms with van der Waals surface area (Å²) >= 11 is 1.87. The summed E-state index contributed by atoms with van der Waals surface area (Å²) in [7, 11) is 0. The van der Waals surface area contributed by atoms with Crippen molar-refractivity contribution in [3.63, 3.8) is 0 Å². The molecular weight excluding hydrogens is 685 g/mol. The van der Waals surface area contributed by atoms with Gasteiger partial charge >= 0.3 is 0 Å². The predicted octanol–water partition coefficient (Wildman–Crippen LogP) is 15.4. The Hall–Kier alpha value is -6.94. The van der Waals surface area contributed by atoms with Crippen molar-refractivity contribution in [2.75, 3.05) is 9.80 Å². The quantitative estimate of drug-likeness (QED) is 0.139. The van der Waals surface area contributed by atoms with Gasteiger partial charge in [-0.3, -0.25) is 0 Å². The van der Waals surface area contributed by atoms with Gasteiger partial charge < -0.3 is 9.80 Å². The zero-order valence-electron chi connectivity index (χ0n) is 30.2. The van der Waals surface area contributed by atoms with Crippen LogP contribution in [0.3, 0.4) is 0 Å². The largest absolute Gasteiger partial charge is 0.311 e. The van der Waals surface area contributed by atoms with Crippen molar-refractivity contribution in [3.05, 3.63) is 231 Å². The summed E-state index contributed by atoms with van der Waals surface area (Å²) in [5, 5.41) is 0. The van der Waals surface area contributed by atoms with Crippen LogP contribution in [0.2, 0.25) is 0 Å². The highest BCUT2D eigenvalue weighted by molar-refractivity contribution is 7.20. The van der Waals surface area contributed by atoms with Crippen LogP contribution in [0.4, 0.5) is 34.1 Å². The lowest BCUT2D eigenvalue weighted by molar-refractivity contribution is 1.28. The normalized spacial score (nSPS) is 10.9. The lowest BCUT2D eigenvalue weighted by Gasteiger charge is -2.25. The first-order valence-electron chi connectivity index (χ1n) is 18.6. The second-order valence-electron chi connectivity index (χ2n) is 13.3. The van der Waals surface area contributed by atoms with Gasteiger partial charge in [0, 0.05) is 55.0 Å². The number of hydrogen-bond acceptors (Lipinski definition) is 3. The minimum Gasteiger partial charge on any atom is -0.311 e. The molecule has 0 atom stereocenters. The molecular formula is C52H38N2S. The van der Waals surface area contributed by atoms with Gasteiger partial charge in [-0.25, -0.2) is 0 Å². The van der Waals surface area contributed by atoms with Gasteiger partial charge in [0.05, 0.1) is 0 Å². The molecule has 0 fully saturated rings. The van der Waals surface area contributed by atoms with Gasteiger partial charge in [0.25, 0.3) is 0 Å². The summed E-state index contributed by atoms with van der Waals surface area (Å²) in [5.41, 5.74) is 14.0. The molecule has 9 rings (SSSR count). The van der Waals surface area contributed by atoms with E-state index in [1.54, 1.807) is 0 Å². The Bertz CT molecular complexity index is 2510. The molecule has 0 saturated carbocycles. The van der Waals surface area contributed by atoms with E-state index in [1.807, 2.05) is 11.3 Å². The Morgan fingerprint density at radius 2 is 0.455 bits per heavy atom. The van der Waals surface area contributed by atoms with Gasteiger partial charge in [-0.15, -0.1) is 11.3 Å². The number of rotatable bonds is 10. The summed E-state index contributed by atoms with van der Waals surface area (Å²) in [4.78, 5) is 7.13. The van der Waals surface area contributed by atoms with Crippen LogP contribution in [0, 0.1) is 0 Å². The average Bonchev–Trinajstić information content (AvgIpc) is 3.67. The van der Waals surface area contributed by atoms with E-state index >= 15 is 0 Å². The maximum Gasteiger partial charge on any atom is 0.0462 e. The van der Waals surface area contributed by atoms with Gasteiger partial charge in [-0.1, -0.05) is 158 Å². The Morgan fingerprint density at radius 3 is 0.800 bits per heavy atom. The van der Waals surface area contributed by atoms with Crippen molar-refractivity contribution >= 4 is 45.5 Å². The molecule has 1 aromatic heterocycles. The molecule has 0 radical (unpaired) electrons. The van der Waals surface area contributed by atoms with Crippen LogP contribution in [0.5, 0.6) is 0 Å². The number of anilines is 6. The topological polar surface area (TPSA) is 6.48 Å². The Morgan fingerprint density at radius 1 is 0.218 bits per heavy atom. The molecule has 1 heterocycles. The SMILES string of the molecule is c1ccc(-c2sc(-c3ccc(N(c4ccccc4)c4ccccc4)cc3)c(-c3ccccc3)c2-c2ccc(N(c3ccccc3)c3ccccc3)cc2)cc1. The molecule has 0 amide bonds. The zero-order valence-corrected chi connectivity index (χ0v) is 31.1. The summed E-state index contributed by atoms with van der Waals surface area (Å²) < 4.78 is 0. The summed E-state index contributed by atoms with van der Waals surface area (Å²) in [5.74, 6) is 0. The van der Waals surface area contributed by atoms with E-state index in [2.05, 4.69) is 240 Å². The van der Waals surface area contributed by atoms with Crippen LogP contribution in [0.1, 0.15) is 0 Å². The maximum atomic E-state index is 2.31. The van der Waals surface area contributed by atoms with E-state index in [1.165, 1.54) is 43.1 Å². The molecule has 8 aromatic carbocycles. The van der Waals surface area contributed by atoms with Crippen LogP contribution < -0.4 is 9.80 Å². The van der Waals surface area contributed by atoms with Crippen molar-refractivity contribution < 1.29 is 0 Å². The number of thiophene rings is 1. The van der Waals surface area contributed by atoms with Gasteiger partial charge in [-0.05, 0) is 95.1 Å². The van der Waals surface area contributed by atoms with Crippen LogP contribution in [0.25, 0.3) is 43.1 Å². The third-order valence-electron chi connectivity index (χ3n) is 9.87. The fourth-order valence-electron chi connectivity index (χ4n) is 7.32. The summed E-state index contributed by atoms with van der Waals surface area (Å²) in [6, 6.07) is 82.2. The minimum atomic E-state index is 1.11. The fourth-order valence-corrected chi connectivity index (χ4v) is 8.68. The molecule has 0 unspecified atom stereocenters. The third-order valence-corrected chi connectivity index (χ3v) is 11.2. The molecule has 55 heavy (non-hydrogen) atoms. The van der Waals surface area contributed by atoms with Crippen molar-refractivity contribution in [1.82, 2.24) is 0 Å². The Balaban J connectivity index is 1.20.